The van der Waals surface area contributed by atoms with Crippen LogP contribution in [0.3, 0.4) is 0 Å². The van der Waals surface area contributed by atoms with Crippen LogP contribution in [-0.2, 0) is 24.1 Å². The van der Waals surface area contributed by atoms with Crippen molar-refractivity contribution in [3.8, 4) is 5.75 Å². The van der Waals surface area contributed by atoms with Gasteiger partial charge in [-0.1, -0.05) is 42.0 Å². The van der Waals surface area contributed by atoms with E-state index in [9.17, 15) is 4.79 Å². The predicted molar refractivity (Wildman–Crippen MR) is 101 cm³/mol. The largest absolute Gasteiger partial charge is 0.483 e. The lowest BCUT2D eigenvalue weighted by Gasteiger charge is -2.19. The summed E-state index contributed by atoms with van der Waals surface area (Å²) in [7, 11) is 0. The quantitative estimate of drug-likeness (QED) is 0.776. The number of ether oxygens (including phenoxy) is 1. The van der Waals surface area contributed by atoms with Gasteiger partial charge >= 0.3 is 0 Å². The molecule has 2 aromatic rings. The summed E-state index contributed by atoms with van der Waals surface area (Å²) in [4.78, 5) is 12.0. The van der Waals surface area contributed by atoms with Crippen molar-refractivity contribution in [2.75, 3.05) is 13.2 Å². The number of amides is 1. The minimum absolute atomic E-state index is 0.0438. The van der Waals surface area contributed by atoms with Crippen molar-refractivity contribution < 1.29 is 9.53 Å². The molecule has 3 rings (SSSR count). The third kappa shape index (κ3) is 5.09. The fourth-order valence-corrected chi connectivity index (χ4v) is 3.46. The summed E-state index contributed by atoms with van der Waals surface area (Å²) < 4.78 is 5.79. The highest BCUT2D eigenvalue weighted by atomic mass is 16.5. The van der Waals surface area contributed by atoms with Crippen LogP contribution in [0.5, 0.6) is 5.75 Å². The smallest absolute Gasteiger partial charge is 0.257 e. The molecule has 0 atom stereocenters. The van der Waals surface area contributed by atoms with E-state index in [4.69, 9.17) is 4.74 Å². The van der Waals surface area contributed by atoms with E-state index >= 15 is 0 Å². The van der Waals surface area contributed by atoms with Crippen molar-refractivity contribution in [1.82, 2.24) is 5.32 Å². The maximum atomic E-state index is 12.0. The van der Waals surface area contributed by atoms with Crippen LogP contribution in [0.15, 0.2) is 42.5 Å². The van der Waals surface area contributed by atoms with Crippen LogP contribution in [0, 0.1) is 6.92 Å². The third-order valence-electron chi connectivity index (χ3n) is 4.76. The lowest BCUT2D eigenvalue weighted by molar-refractivity contribution is -0.123. The first-order valence-corrected chi connectivity index (χ1v) is 9.28. The number of benzene rings is 2. The summed E-state index contributed by atoms with van der Waals surface area (Å²) in [6.07, 6.45) is 6.56. The van der Waals surface area contributed by atoms with Crippen LogP contribution in [0.1, 0.15) is 41.5 Å². The number of carbonyl (C=O) groups is 1. The molecule has 132 valence electrons. The number of hydrogen-bond donors (Lipinski definition) is 1. The minimum atomic E-state index is -0.0438. The van der Waals surface area contributed by atoms with Gasteiger partial charge < -0.3 is 10.1 Å². The van der Waals surface area contributed by atoms with Gasteiger partial charge in [-0.2, -0.15) is 0 Å². The molecule has 1 N–H and O–H groups in total. The summed E-state index contributed by atoms with van der Waals surface area (Å²) in [5.74, 6) is 0.838. The Kier molecular flexibility index (Phi) is 6.10. The van der Waals surface area contributed by atoms with Crippen molar-refractivity contribution in [3.05, 3.63) is 64.7 Å². The SMILES string of the molecule is Cc1cccc(CCCNC(=O)COc2cccc3c2CCCC3)c1. The molecule has 0 unspecified atom stereocenters. The first-order chi connectivity index (χ1) is 12.2. The molecule has 0 saturated carbocycles. The number of aryl methyl sites for hydroxylation is 3. The van der Waals surface area contributed by atoms with Gasteiger partial charge in [0.1, 0.15) is 5.75 Å². The molecule has 0 radical (unpaired) electrons. The van der Waals surface area contributed by atoms with E-state index < -0.39 is 0 Å². The van der Waals surface area contributed by atoms with Gasteiger partial charge in [0.05, 0.1) is 0 Å². The van der Waals surface area contributed by atoms with Crippen molar-refractivity contribution >= 4 is 5.91 Å². The van der Waals surface area contributed by atoms with Crippen LogP contribution >= 0.6 is 0 Å². The Morgan fingerprint density at radius 1 is 1.12 bits per heavy atom. The summed E-state index contributed by atoms with van der Waals surface area (Å²) >= 11 is 0. The molecule has 1 aliphatic rings. The van der Waals surface area contributed by atoms with Gasteiger partial charge in [-0.3, -0.25) is 4.79 Å². The van der Waals surface area contributed by atoms with E-state index in [0.717, 1.165) is 31.4 Å². The highest BCUT2D eigenvalue weighted by molar-refractivity contribution is 5.77. The summed E-state index contributed by atoms with van der Waals surface area (Å²) in [6, 6.07) is 14.7. The van der Waals surface area contributed by atoms with Gasteiger partial charge in [0, 0.05) is 6.54 Å². The standard InChI is InChI=1S/C22H27NO2/c1-17-7-4-8-18(15-17)9-6-14-23-22(24)16-25-21-13-5-11-19-10-2-3-12-20(19)21/h4-5,7-8,11,13,15H,2-3,6,9-10,12,14,16H2,1H3,(H,23,24). The van der Waals surface area contributed by atoms with Gasteiger partial charge in [-0.25, -0.2) is 0 Å². The van der Waals surface area contributed by atoms with E-state index in [1.165, 1.54) is 35.1 Å². The highest BCUT2D eigenvalue weighted by Crippen LogP contribution is 2.29. The second kappa shape index (κ2) is 8.70. The zero-order valence-electron chi connectivity index (χ0n) is 15.0. The summed E-state index contributed by atoms with van der Waals surface area (Å²) in [5.41, 5.74) is 5.27. The summed E-state index contributed by atoms with van der Waals surface area (Å²) in [6.45, 7) is 2.88. The summed E-state index contributed by atoms with van der Waals surface area (Å²) in [5, 5.41) is 2.95. The average molecular weight is 337 g/mol. The lowest BCUT2D eigenvalue weighted by atomic mass is 9.91. The Bertz CT molecular complexity index is 724. The number of fused-ring (bicyclic) bond motifs is 1. The monoisotopic (exact) mass is 337 g/mol. The number of carbonyl (C=O) groups excluding carboxylic acids is 1. The normalized spacial score (nSPS) is 13.2. The molecular weight excluding hydrogens is 310 g/mol. The molecule has 2 aromatic carbocycles. The fourth-order valence-electron chi connectivity index (χ4n) is 3.46. The molecule has 25 heavy (non-hydrogen) atoms. The van der Waals surface area contributed by atoms with E-state index in [1.54, 1.807) is 0 Å². The van der Waals surface area contributed by atoms with Gasteiger partial charge in [-0.15, -0.1) is 0 Å². The lowest BCUT2D eigenvalue weighted by Crippen LogP contribution is -2.30. The van der Waals surface area contributed by atoms with E-state index in [2.05, 4.69) is 42.6 Å². The van der Waals surface area contributed by atoms with Crippen molar-refractivity contribution in [1.29, 1.82) is 0 Å². The zero-order chi connectivity index (χ0) is 17.5. The van der Waals surface area contributed by atoms with Gasteiger partial charge in [0.15, 0.2) is 6.61 Å². The Morgan fingerprint density at radius 3 is 2.84 bits per heavy atom. The molecule has 0 heterocycles. The number of hydrogen-bond acceptors (Lipinski definition) is 2. The number of nitrogens with one attached hydrogen (secondary N) is 1. The zero-order valence-corrected chi connectivity index (χ0v) is 15.0. The Balaban J connectivity index is 1.40. The Labute approximate surface area is 150 Å². The highest BCUT2D eigenvalue weighted by Gasteiger charge is 2.14. The van der Waals surface area contributed by atoms with Crippen molar-refractivity contribution in [3.63, 3.8) is 0 Å². The maximum absolute atomic E-state index is 12.0. The Hall–Kier alpha value is -2.29. The predicted octanol–water partition coefficient (Wildman–Crippen LogP) is 4.00. The van der Waals surface area contributed by atoms with Crippen molar-refractivity contribution in [2.24, 2.45) is 0 Å². The molecule has 3 nitrogen and oxygen atoms in total. The van der Waals surface area contributed by atoms with Crippen molar-refractivity contribution in [2.45, 2.75) is 45.4 Å². The van der Waals surface area contributed by atoms with Gasteiger partial charge in [-0.05, 0) is 68.2 Å². The second-order valence-electron chi connectivity index (χ2n) is 6.83. The molecule has 1 aliphatic carbocycles. The van der Waals surface area contributed by atoms with Crippen LogP contribution in [0.4, 0.5) is 0 Å². The minimum Gasteiger partial charge on any atom is -0.483 e. The molecule has 0 bridgehead atoms. The van der Waals surface area contributed by atoms with Crippen LogP contribution < -0.4 is 10.1 Å². The van der Waals surface area contributed by atoms with E-state index in [0.29, 0.717) is 6.54 Å². The van der Waals surface area contributed by atoms with E-state index in [1.807, 2.05) is 12.1 Å². The third-order valence-corrected chi connectivity index (χ3v) is 4.76. The van der Waals surface area contributed by atoms with Crippen LogP contribution in [0.25, 0.3) is 0 Å². The maximum Gasteiger partial charge on any atom is 0.257 e. The molecular formula is C22H27NO2. The van der Waals surface area contributed by atoms with Gasteiger partial charge in [0.2, 0.25) is 0 Å². The molecule has 0 spiro atoms. The molecule has 0 aromatic heterocycles. The molecule has 3 heteroatoms. The van der Waals surface area contributed by atoms with E-state index in [-0.39, 0.29) is 12.5 Å². The molecule has 1 amide bonds. The molecule has 0 aliphatic heterocycles. The van der Waals surface area contributed by atoms with Crippen LogP contribution in [-0.4, -0.2) is 19.1 Å². The first kappa shape index (κ1) is 17.5. The van der Waals surface area contributed by atoms with Gasteiger partial charge in [0.25, 0.3) is 5.91 Å². The average Bonchev–Trinajstić information content (AvgIpc) is 2.63. The Morgan fingerprint density at radius 2 is 1.96 bits per heavy atom. The van der Waals surface area contributed by atoms with Crippen LogP contribution in [0.2, 0.25) is 0 Å². The number of rotatable bonds is 7. The molecule has 0 fully saturated rings. The fraction of sp³-hybridized carbons (Fsp3) is 0.409. The molecule has 0 saturated heterocycles. The second-order valence-corrected chi connectivity index (χ2v) is 6.83. The topological polar surface area (TPSA) is 38.3 Å². The first-order valence-electron chi connectivity index (χ1n) is 9.28.